The first-order chi connectivity index (χ1) is 22.0. The third-order valence-electron chi connectivity index (χ3n) is 8.25. The van der Waals surface area contributed by atoms with Crippen molar-refractivity contribution in [2.45, 2.75) is 44.8 Å². The highest BCUT2D eigenvalue weighted by Crippen LogP contribution is 2.34. The minimum Gasteiger partial charge on any atom is -0.473 e. The first-order valence-corrected chi connectivity index (χ1v) is 15.0. The quantitative estimate of drug-likeness (QED) is 0.137. The zero-order chi connectivity index (χ0) is 31.2. The van der Waals surface area contributed by atoms with Gasteiger partial charge in [0.1, 0.15) is 12.2 Å². The van der Waals surface area contributed by atoms with E-state index in [1.54, 1.807) is 36.6 Å². The number of ether oxygens (including phenoxy) is 3. The minimum atomic E-state index is -0.435. The Balaban J connectivity index is 1.05. The molecule has 2 atom stereocenters. The summed E-state index contributed by atoms with van der Waals surface area (Å²) < 4.78 is 22.0. The molecular formula is C35H34N4O6. The average Bonchev–Trinajstić information content (AvgIpc) is 3.54. The van der Waals surface area contributed by atoms with Crippen LogP contribution in [-0.2, 0) is 20.9 Å². The summed E-state index contributed by atoms with van der Waals surface area (Å²) >= 11 is 0. The van der Waals surface area contributed by atoms with Crippen LogP contribution in [0.25, 0.3) is 21.4 Å². The number of aromatic nitrogens is 1. The number of rotatable bonds is 11. The molecule has 1 unspecified atom stereocenters. The van der Waals surface area contributed by atoms with Crippen LogP contribution in [0.1, 0.15) is 53.7 Å². The van der Waals surface area contributed by atoms with E-state index in [1.807, 2.05) is 24.3 Å². The van der Waals surface area contributed by atoms with Gasteiger partial charge in [0.25, 0.3) is 0 Å². The molecule has 4 aromatic rings. The predicted octanol–water partition coefficient (Wildman–Crippen LogP) is 7.16. The van der Waals surface area contributed by atoms with Gasteiger partial charge in [0.05, 0.1) is 48.7 Å². The lowest BCUT2D eigenvalue weighted by Crippen LogP contribution is -2.33. The van der Waals surface area contributed by atoms with Gasteiger partial charge >= 0.3 is 5.97 Å². The number of esters is 1. The Morgan fingerprint density at radius 3 is 2.76 bits per heavy atom. The molecule has 10 heteroatoms. The maximum Gasteiger partial charge on any atom is 0.337 e. The molecule has 6 rings (SSSR count). The Labute approximate surface area is 261 Å². The van der Waals surface area contributed by atoms with E-state index in [-0.39, 0.29) is 24.5 Å². The fourth-order valence-electron chi connectivity index (χ4n) is 5.63. The van der Waals surface area contributed by atoms with Gasteiger partial charge in [0.15, 0.2) is 5.69 Å². The fourth-order valence-corrected chi connectivity index (χ4v) is 5.63. The fraction of sp³-hybridized carbons (Fsp3) is 0.314. The molecular weight excluding hydrogens is 572 g/mol. The number of anilines is 2. The first kappa shape index (κ1) is 29.9. The number of furan rings is 1. The van der Waals surface area contributed by atoms with Crippen LogP contribution in [0, 0.1) is 12.5 Å². The molecule has 0 radical (unpaired) electrons. The van der Waals surface area contributed by atoms with Gasteiger partial charge in [-0.3, -0.25) is 4.79 Å². The second-order valence-electron chi connectivity index (χ2n) is 11.2. The zero-order valence-corrected chi connectivity index (χ0v) is 25.0. The van der Waals surface area contributed by atoms with Crippen LogP contribution < -0.4 is 15.4 Å². The van der Waals surface area contributed by atoms with Crippen molar-refractivity contribution in [3.8, 4) is 5.88 Å². The van der Waals surface area contributed by atoms with Gasteiger partial charge in [0.2, 0.25) is 11.8 Å². The van der Waals surface area contributed by atoms with E-state index in [0.29, 0.717) is 47.1 Å². The predicted molar refractivity (Wildman–Crippen MR) is 170 cm³/mol. The normalized spacial score (nSPS) is 17.5. The average molecular weight is 607 g/mol. The number of nitrogens with zero attached hydrogens (tertiary/aromatic N) is 2. The first-order valence-electron chi connectivity index (χ1n) is 15.0. The van der Waals surface area contributed by atoms with Crippen LogP contribution in [-0.4, -0.2) is 43.2 Å². The van der Waals surface area contributed by atoms with Crippen LogP contribution in [0.2, 0.25) is 0 Å². The number of nitrogens with one attached hydrogen (secondary N) is 2. The number of carbonyl (C=O) groups excluding carboxylic acids is 2. The van der Waals surface area contributed by atoms with Crippen molar-refractivity contribution in [2.75, 3.05) is 30.9 Å². The summed E-state index contributed by atoms with van der Waals surface area (Å²) in [6, 6.07) is 16.2. The number of carbonyl (C=O) groups is 2. The Morgan fingerprint density at radius 2 is 2.00 bits per heavy atom. The van der Waals surface area contributed by atoms with Crippen LogP contribution in [0.5, 0.6) is 5.88 Å². The molecule has 45 heavy (non-hydrogen) atoms. The number of pyridine rings is 1. The third-order valence-corrected chi connectivity index (χ3v) is 8.25. The number of methoxy groups -OCH3 is 1. The molecule has 3 heterocycles. The Hall–Kier alpha value is -5.14. The van der Waals surface area contributed by atoms with Gasteiger partial charge in [0, 0.05) is 36.6 Å². The molecule has 1 aliphatic heterocycles. The maximum absolute atomic E-state index is 13.1. The molecule has 2 aromatic carbocycles. The third kappa shape index (κ3) is 7.00. The lowest BCUT2D eigenvalue weighted by molar-refractivity contribution is -0.117. The van der Waals surface area contributed by atoms with Crippen molar-refractivity contribution in [3.05, 3.63) is 95.2 Å². The van der Waals surface area contributed by atoms with Crippen molar-refractivity contribution in [1.82, 2.24) is 4.98 Å². The monoisotopic (exact) mass is 606 g/mol. The van der Waals surface area contributed by atoms with Crippen LogP contribution >= 0.6 is 0 Å². The summed E-state index contributed by atoms with van der Waals surface area (Å²) in [6.45, 7) is 8.96. The number of hydrogen-bond acceptors (Lipinski definition) is 8. The molecule has 1 fully saturated rings. The van der Waals surface area contributed by atoms with Gasteiger partial charge in [-0.1, -0.05) is 24.3 Å². The largest absolute Gasteiger partial charge is 0.473 e. The Kier molecular flexibility index (Phi) is 9.08. The Bertz CT molecular complexity index is 1780. The zero-order valence-electron chi connectivity index (χ0n) is 25.0. The smallest absolute Gasteiger partial charge is 0.337 e. The van der Waals surface area contributed by atoms with Gasteiger partial charge in [-0.05, 0) is 67.5 Å². The molecule has 1 amide bonds. The summed E-state index contributed by atoms with van der Waals surface area (Å²) in [5, 5.41) is 7.12. The second kappa shape index (κ2) is 13.7. The highest BCUT2D eigenvalue weighted by atomic mass is 16.5. The number of allylic oxidation sites excluding steroid dienone is 2. The van der Waals surface area contributed by atoms with Gasteiger partial charge in [-0.25, -0.2) is 14.6 Å². The van der Waals surface area contributed by atoms with E-state index in [4.69, 9.17) is 30.2 Å². The molecule has 2 aliphatic rings. The van der Waals surface area contributed by atoms with Gasteiger partial charge in [-0.15, -0.1) is 0 Å². The molecule has 0 spiro atoms. The van der Waals surface area contributed by atoms with Crippen molar-refractivity contribution in [3.63, 3.8) is 0 Å². The molecule has 2 aromatic heterocycles. The molecule has 1 aliphatic carbocycles. The van der Waals surface area contributed by atoms with E-state index < -0.39 is 5.97 Å². The van der Waals surface area contributed by atoms with E-state index in [1.165, 1.54) is 7.11 Å². The van der Waals surface area contributed by atoms with E-state index >= 15 is 0 Å². The van der Waals surface area contributed by atoms with Crippen molar-refractivity contribution in [1.29, 1.82) is 0 Å². The van der Waals surface area contributed by atoms with Gasteiger partial charge < -0.3 is 29.3 Å². The SMILES string of the molecule is [C-]#[N+]c1ccc(COc2cccc(C3=CCC(CC(=O)Nc4ccc(C(=O)OC)cc4NC[C@@H]4CCO4)CC3)n2)c2occc12. The van der Waals surface area contributed by atoms with E-state index in [2.05, 4.69) is 21.6 Å². The highest BCUT2D eigenvalue weighted by molar-refractivity contribution is 5.97. The summed E-state index contributed by atoms with van der Waals surface area (Å²) in [5.41, 5.74) is 5.73. The lowest BCUT2D eigenvalue weighted by atomic mass is 9.86. The number of fused-ring (bicyclic) bond motifs is 1. The van der Waals surface area contributed by atoms with E-state index in [0.717, 1.165) is 54.5 Å². The molecule has 1 saturated heterocycles. The van der Waals surface area contributed by atoms with Crippen molar-refractivity contribution >= 4 is 45.5 Å². The number of benzene rings is 2. The minimum absolute atomic E-state index is 0.0748. The van der Waals surface area contributed by atoms with Crippen LogP contribution in [0.3, 0.4) is 0 Å². The Morgan fingerprint density at radius 1 is 1.11 bits per heavy atom. The standard InChI is InChI=1S/C35H34N4O6/c1-36-29-12-11-25(34-27(29)15-17-44-34)21-45-33-5-3-4-28(39-33)23-8-6-22(7-9-23)18-32(40)38-30-13-10-24(35(41)42-2)19-31(30)37-20-26-14-16-43-26/h3-5,8,10-13,15,17,19,22,26,37H,6-7,9,14,16,18,20-21H2,2H3,(H,38,40)/t22?,26-/m0/s1. The molecule has 10 nitrogen and oxygen atoms in total. The van der Waals surface area contributed by atoms with Crippen molar-refractivity contribution < 1.29 is 28.2 Å². The topological polar surface area (TPSA) is 116 Å². The van der Waals surface area contributed by atoms with E-state index in [9.17, 15) is 9.59 Å². The van der Waals surface area contributed by atoms with Crippen LogP contribution in [0.15, 0.2) is 71.4 Å². The second-order valence-corrected chi connectivity index (χ2v) is 11.2. The summed E-state index contributed by atoms with van der Waals surface area (Å²) in [4.78, 5) is 33.4. The summed E-state index contributed by atoms with van der Waals surface area (Å²) in [7, 11) is 1.34. The number of hydrogen-bond donors (Lipinski definition) is 2. The molecule has 2 N–H and O–H groups in total. The van der Waals surface area contributed by atoms with Crippen LogP contribution in [0.4, 0.5) is 17.1 Å². The van der Waals surface area contributed by atoms with Gasteiger partial charge in [-0.2, -0.15) is 0 Å². The molecule has 230 valence electrons. The molecule has 0 saturated carbocycles. The molecule has 0 bridgehead atoms. The number of amides is 1. The highest BCUT2D eigenvalue weighted by Gasteiger charge is 2.22. The summed E-state index contributed by atoms with van der Waals surface area (Å²) in [6.07, 6.45) is 7.67. The van der Waals surface area contributed by atoms with Crippen molar-refractivity contribution in [2.24, 2.45) is 5.92 Å². The maximum atomic E-state index is 13.1. The summed E-state index contributed by atoms with van der Waals surface area (Å²) in [5.74, 6) is 0.204. The lowest BCUT2D eigenvalue weighted by Gasteiger charge is -2.27.